The fourth-order valence-corrected chi connectivity index (χ4v) is 5.32. The van der Waals surface area contributed by atoms with Crippen molar-refractivity contribution in [3.05, 3.63) is 42.4 Å². The van der Waals surface area contributed by atoms with Gasteiger partial charge in [0, 0.05) is 17.7 Å². The number of nitrogens with zero attached hydrogens (tertiary/aromatic N) is 6. The molecule has 8 heteroatoms. The van der Waals surface area contributed by atoms with Crippen molar-refractivity contribution in [2.24, 2.45) is 0 Å². The van der Waals surface area contributed by atoms with E-state index in [-0.39, 0.29) is 0 Å². The third-order valence-corrected chi connectivity index (χ3v) is 6.91. The fraction of sp³-hybridized carbons (Fsp3) is 0.458. The summed E-state index contributed by atoms with van der Waals surface area (Å²) in [6, 6.07) is 8.47. The van der Waals surface area contributed by atoms with Gasteiger partial charge in [0.25, 0.3) is 0 Å². The van der Waals surface area contributed by atoms with Crippen molar-refractivity contribution in [1.82, 2.24) is 35.2 Å². The van der Waals surface area contributed by atoms with E-state index in [1.54, 1.807) is 6.20 Å². The number of rotatable bonds is 5. The zero-order chi connectivity index (χ0) is 21.3. The Labute approximate surface area is 186 Å². The van der Waals surface area contributed by atoms with Gasteiger partial charge in [0.15, 0.2) is 11.5 Å². The van der Waals surface area contributed by atoms with Crippen LogP contribution in [0.5, 0.6) is 5.75 Å². The van der Waals surface area contributed by atoms with Gasteiger partial charge < -0.3 is 4.74 Å². The molecule has 4 aromatic rings. The van der Waals surface area contributed by atoms with Gasteiger partial charge in [-0.15, -0.1) is 5.10 Å². The molecule has 3 heterocycles. The number of aromatic nitrogens is 7. The van der Waals surface area contributed by atoms with Crippen LogP contribution in [0, 0.1) is 0 Å². The molecule has 3 aromatic heterocycles. The van der Waals surface area contributed by atoms with Crippen molar-refractivity contribution in [3.8, 4) is 28.3 Å². The Bertz CT molecular complexity index is 1200. The third-order valence-electron chi connectivity index (χ3n) is 6.91. The lowest BCUT2D eigenvalue weighted by Crippen LogP contribution is -2.13. The Hall–Kier alpha value is -3.29. The zero-order valence-electron chi connectivity index (χ0n) is 18.1. The second-order valence-electron chi connectivity index (χ2n) is 8.99. The molecule has 0 radical (unpaired) electrons. The third kappa shape index (κ3) is 3.53. The molecule has 164 valence electrons. The topological polar surface area (TPSA) is 93.9 Å². The van der Waals surface area contributed by atoms with Crippen LogP contribution in [0.25, 0.3) is 28.2 Å². The maximum absolute atomic E-state index is 6.29. The molecular formula is C24H27N7O. The summed E-state index contributed by atoms with van der Waals surface area (Å²) in [5.74, 6) is 1.98. The second-order valence-corrected chi connectivity index (χ2v) is 8.99. The fourth-order valence-electron chi connectivity index (χ4n) is 5.32. The number of hydrogen-bond donors (Lipinski definition) is 1. The molecule has 6 rings (SSSR count). The minimum Gasteiger partial charge on any atom is -0.490 e. The van der Waals surface area contributed by atoms with Gasteiger partial charge in [-0.05, 0) is 66.6 Å². The summed E-state index contributed by atoms with van der Waals surface area (Å²) in [5.41, 5.74) is 5.09. The van der Waals surface area contributed by atoms with Gasteiger partial charge in [-0.2, -0.15) is 5.10 Å². The summed E-state index contributed by atoms with van der Waals surface area (Å²) in [5, 5.41) is 19.1. The zero-order valence-corrected chi connectivity index (χ0v) is 18.1. The molecule has 2 aliphatic rings. The highest BCUT2D eigenvalue weighted by atomic mass is 16.5. The minimum atomic E-state index is 0.341. The number of benzene rings is 1. The average molecular weight is 430 g/mol. The molecule has 1 aromatic carbocycles. The number of tetrazole rings is 1. The summed E-state index contributed by atoms with van der Waals surface area (Å²) < 4.78 is 8.30. The molecule has 1 N–H and O–H groups in total. The van der Waals surface area contributed by atoms with E-state index in [2.05, 4.69) is 44.9 Å². The van der Waals surface area contributed by atoms with Crippen LogP contribution in [0.2, 0.25) is 0 Å². The van der Waals surface area contributed by atoms with Crippen LogP contribution < -0.4 is 4.74 Å². The molecule has 32 heavy (non-hydrogen) atoms. The largest absolute Gasteiger partial charge is 0.490 e. The smallest absolute Gasteiger partial charge is 0.184 e. The van der Waals surface area contributed by atoms with Crippen molar-refractivity contribution >= 4 is 5.65 Å². The Balaban J connectivity index is 1.46. The summed E-state index contributed by atoms with van der Waals surface area (Å²) in [7, 11) is 0. The quantitative estimate of drug-likeness (QED) is 0.483. The lowest BCUT2D eigenvalue weighted by atomic mass is 9.84. The van der Waals surface area contributed by atoms with Crippen LogP contribution >= 0.6 is 0 Å². The highest BCUT2D eigenvalue weighted by Gasteiger charge is 2.25. The number of hydrogen-bond acceptors (Lipinski definition) is 6. The van der Waals surface area contributed by atoms with E-state index in [1.807, 2.05) is 10.7 Å². The van der Waals surface area contributed by atoms with Crippen LogP contribution in [-0.4, -0.2) is 41.3 Å². The molecule has 0 atom stereocenters. The molecule has 8 nitrogen and oxygen atoms in total. The van der Waals surface area contributed by atoms with E-state index in [0.717, 1.165) is 40.9 Å². The van der Waals surface area contributed by atoms with Crippen molar-refractivity contribution in [2.75, 3.05) is 0 Å². The van der Waals surface area contributed by atoms with Crippen LogP contribution in [0.4, 0.5) is 0 Å². The Morgan fingerprint density at radius 1 is 0.938 bits per heavy atom. The molecule has 0 amide bonds. The SMILES string of the molecule is c1cc(OC2CCCC2)cc(-c2cnc3c(-c4nnn[nH]4)cnn3c2C2CCCCC2)c1. The molecule has 2 aliphatic carbocycles. The summed E-state index contributed by atoms with van der Waals surface area (Å²) >= 11 is 0. The van der Waals surface area contributed by atoms with Gasteiger partial charge >= 0.3 is 0 Å². The van der Waals surface area contributed by atoms with Crippen molar-refractivity contribution in [3.63, 3.8) is 0 Å². The Morgan fingerprint density at radius 2 is 1.78 bits per heavy atom. The maximum Gasteiger partial charge on any atom is 0.184 e. The molecule has 0 bridgehead atoms. The van der Waals surface area contributed by atoms with E-state index in [1.165, 1.54) is 50.6 Å². The van der Waals surface area contributed by atoms with Crippen LogP contribution in [-0.2, 0) is 0 Å². The highest BCUT2D eigenvalue weighted by Crippen LogP contribution is 2.39. The first-order valence-corrected chi connectivity index (χ1v) is 11.7. The minimum absolute atomic E-state index is 0.341. The van der Waals surface area contributed by atoms with Crippen molar-refractivity contribution in [1.29, 1.82) is 0 Å². The number of H-pyrrole nitrogens is 1. The van der Waals surface area contributed by atoms with E-state index in [4.69, 9.17) is 14.8 Å². The Morgan fingerprint density at radius 3 is 2.59 bits per heavy atom. The number of nitrogens with one attached hydrogen (secondary N) is 1. The van der Waals surface area contributed by atoms with Crippen LogP contribution in [0.3, 0.4) is 0 Å². The van der Waals surface area contributed by atoms with Crippen molar-refractivity contribution < 1.29 is 4.74 Å². The van der Waals surface area contributed by atoms with Crippen LogP contribution in [0.15, 0.2) is 36.7 Å². The predicted molar refractivity (Wildman–Crippen MR) is 120 cm³/mol. The van der Waals surface area contributed by atoms with Gasteiger partial charge in [0.2, 0.25) is 0 Å². The van der Waals surface area contributed by atoms with Gasteiger partial charge in [-0.25, -0.2) is 14.6 Å². The lowest BCUT2D eigenvalue weighted by Gasteiger charge is -2.25. The average Bonchev–Trinajstić information content (AvgIpc) is 3.61. The standard InChI is InChI=1S/C24H27N7O/c1-2-7-16(8-3-1)22-20(17-9-6-12-19(13-17)32-18-10-4-5-11-18)14-25-24-21(15-26-31(22)24)23-27-29-30-28-23/h6,9,12-16,18H,1-5,7-8,10-11H2,(H,27,28,29,30). The van der Waals surface area contributed by atoms with Gasteiger partial charge in [-0.1, -0.05) is 31.4 Å². The summed E-state index contributed by atoms with van der Waals surface area (Å²) in [4.78, 5) is 4.81. The van der Waals surface area contributed by atoms with E-state index in [0.29, 0.717) is 17.8 Å². The second kappa shape index (κ2) is 8.33. The van der Waals surface area contributed by atoms with E-state index < -0.39 is 0 Å². The number of ether oxygens (including phenoxy) is 1. The number of fused-ring (bicyclic) bond motifs is 1. The first kappa shape index (κ1) is 19.4. The molecule has 0 spiro atoms. The molecule has 0 saturated heterocycles. The summed E-state index contributed by atoms with van der Waals surface area (Å²) in [6.45, 7) is 0. The monoisotopic (exact) mass is 429 g/mol. The predicted octanol–water partition coefficient (Wildman–Crippen LogP) is 4.95. The summed E-state index contributed by atoms with van der Waals surface area (Å²) in [6.07, 6.45) is 15.1. The number of aromatic amines is 1. The van der Waals surface area contributed by atoms with Gasteiger partial charge in [0.1, 0.15) is 5.75 Å². The first-order valence-electron chi connectivity index (χ1n) is 11.7. The lowest BCUT2D eigenvalue weighted by molar-refractivity contribution is 0.210. The van der Waals surface area contributed by atoms with E-state index in [9.17, 15) is 0 Å². The highest BCUT2D eigenvalue weighted by molar-refractivity contribution is 5.75. The van der Waals surface area contributed by atoms with Gasteiger partial charge in [-0.3, -0.25) is 0 Å². The molecule has 0 unspecified atom stereocenters. The normalized spacial score (nSPS) is 17.9. The molecule has 0 aliphatic heterocycles. The molecular weight excluding hydrogens is 402 g/mol. The molecule has 2 saturated carbocycles. The van der Waals surface area contributed by atoms with Crippen LogP contribution in [0.1, 0.15) is 69.4 Å². The van der Waals surface area contributed by atoms with E-state index >= 15 is 0 Å². The van der Waals surface area contributed by atoms with Crippen molar-refractivity contribution in [2.45, 2.75) is 69.8 Å². The molecule has 2 fully saturated rings. The first-order chi connectivity index (χ1) is 15.9. The Kier molecular flexibility index (Phi) is 5.05. The maximum atomic E-state index is 6.29. The van der Waals surface area contributed by atoms with Gasteiger partial charge in [0.05, 0.1) is 23.6 Å².